The van der Waals surface area contributed by atoms with Gasteiger partial charge in [0.1, 0.15) is 17.1 Å². The molecule has 1 unspecified atom stereocenters. The van der Waals surface area contributed by atoms with Crippen molar-refractivity contribution in [3.63, 3.8) is 0 Å². The van der Waals surface area contributed by atoms with Crippen LogP contribution in [0.1, 0.15) is 16.8 Å². The van der Waals surface area contributed by atoms with Gasteiger partial charge < -0.3 is 20.4 Å². The Labute approximate surface area is 110 Å². The number of amides is 1. The van der Waals surface area contributed by atoms with Crippen molar-refractivity contribution in [2.24, 2.45) is 0 Å². The van der Waals surface area contributed by atoms with Gasteiger partial charge in [0.05, 0.1) is 12.1 Å². The van der Waals surface area contributed by atoms with E-state index in [9.17, 15) is 19.4 Å². The summed E-state index contributed by atoms with van der Waals surface area (Å²) in [4.78, 5) is 13.3. The van der Waals surface area contributed by atoms with E-state index in [2.05, 4.69) is 5.32 Å². The van der Waals surface area contributed by atoms with Crippen molar-refractivity contribution in [1.29, 1.82) is 0 Å². The molecule has 0 spiro atoms. The van der Waals surface area contributed by atoms with Gasteiger partial charge in [-0.1, -0.05) is 6.07 Å². The van der Waals surface area contributed by atoms with E-state index in [0.29, 0.717) is 19.5 Å². The van der Waals surface area contributed by atoms with Crippen molar-refractivity contribution in [3.05, 3.63) is 29.6 Å². The molecule has 1 aromatic rings. The highest BCUT2D eigenvalue weighted by Crippen LogP contribution is 2.23. The minimum absolute atomic E-state index is 0.0899. The second-order valence-corrected chi connectivity index (χ2v) is 4.95. The maximum atomic E-state index is 13.6. The Bertz CT molecular complexity index is 467. The molecule has 1 amide bonds. The monoisotopic (exact) mass is 268 g/mol. The molecule has 19 heavy (non-hydrogen) atoms. The number of nitrogens with one attached hydrogen (secondary N) is 1. The molecule has 1 saturated heterocycles. The molecule has 1 aliphatic rings. The van der Waals surface area contributed by atoms with Gasteiger partial charge in [0.2, 0.25) is 0 Å². The van der Waals surface area contributed by atoms with Crippen molar-refractivity contribution in [2.45, 2.75) is 12.0 Å². The summed E-state index contributed by atoms with van der Waals surface area (Å²) in [5, 5.41) is 22.8. The number of rotatable bonds is 3. The smallest absolute Gasteiger partial charge is 0.260 e. The maximum absolute atomic E-state index is 13.6. The second-order valence-electron chi connectivity index (χ2n) is 4.95. The molecule has 0 aliphatic carbocycles. The van der Waals surface area contributed by atoms with E-state index < -0.39 is 23.1 Å². The van der Waals surface area contributed by atoms with Crippen LogP contribution < -0.4 is 5.32 Å². The number of aliphatic hydroxyl groups is 1. The van der Waals surface area contributed by atoms with Gasteiger partial charge in [0, 0.05) is 13.6 Å². The number of hydrogen-bond donors (Lipinski definition) is 3. The molecule has 1 fully saturated rings. The van der Waals surface area contributed by atoms with E-state index in [1.54, 1.807) is 0 Å². The molecule has 5 nitrogen and oxygen atoms in total. The molecule has 1 atom stereocenters. The number of β-amino-alcohol motifs (C(OH)–C–C–N with tert-alkyl or cyclic N) is 1. The number of carbonyl (C=O) groups is 1. The lowest BCUT2D eigenvalue weighted by Gasteiger charge is -2.28. The molecule has 0 radical (unpaired) electrons. The SMILES string of the molecule is CN(CC1(O)CCNC1)C(=O)c1c(O)cccc1F. The summed E-state index contributed by atoms with van der Waals surface area (Å²) in [7, 11) is 1.48. The third-order valence-electron chi connectivity index (χ3n) is 3.30. The summed E-state index contributed by atoms with van der Waals surface area (Å²) in [5.41, 5.74) is -1.36. The van der Waals surface area contributed by atoms with Crippen LogP contribution in [-0.4, -0.2) is 53.3 Å². The molecular formula is C13H17FN2O3. The first-order valence-corrected chi connectivity index (χ1v) is 6.09. The summed E-state index contributed by atoms with van der Waals surface area (Å²) in [5.74, 6) is -1.81. The lowest BCUT2D eigenvalue weighted by molar-refractivity contribution is 0.0249. The summed E-state index contributed by atoms with van der Waals surface area (Å²) < 4.78 is 13.6. The summed E-state index contributed by atoms with van der Waals surface area (Å²) in [6, 6.07) is 3.71. The van der Waals surface area contributed by atoms with Crippen LogP contribution in [0.25, 0.3) is 0 Å². The highest BCUT2D eigenvalue weighted by molar-refractivity contribution is 5.97. The van der Waals surface area contributed by atoms with Gasteiger partial charge in [-0.25, -0.2) is 4.39 Å². The largest absolute Gasteiger partial charge is 0.507 e. The molecule has 1 aliphatic heterocycles. The maximum Gasteiger partial charge on any atom is 0.260 e. The predicted octanol–water partition coefficient (Wildman–Crippen LogP) is 0.328. The molecule has 1 heterocycles. The van der Waals surface area contributed by atoms with E-state index in [4.69, 9.17) is 0 Å². The highest BCUT2D eigenvalue weighted by atomic mass is 19.1. The highest BCUT2D eigenvalue weighted by Gasteiger charge is 2.34. The minimum atomic E-state index is -0.995. The number of benzene rings is 1. The molecule has 0 aromatic heterocycles. The fourth-order valence-corrected chi connectivity index (χ4v) is 2.29. The van der Waals surface area contributed by atoms with Crippen LogP contribution in [0.15, 0.2) is 18.2 Å². The van der Waals surface area contributed by atoms with E-state index in [-0.39, 0.29) is 12.1 Å². The fourth-order valence-electron chi connectivity index (χ4n) is 2.29. The Kier molecular flexibility index (Phi) is 3.73. The van der Waals surface area contributed by atoms with Gasteiger partial charge in [0.15, 0.2) is 0 Å². The number of carbonyl (C=O) groups excluding carboxylic acids is 1. The van der Waals surface area contributed by atoms with Gasteiger partial charge in [-0.3, -0.25) is 4.79 Å². The van der Waals surface area contributed by atoms with Gasteiger partial charge in [-0.2, -0.15) is 0 Å². The first-order valence-electron chi connectivity index (χ1n) is 6.09. The average molecular weight is 268 g/mol. The van der Waals surface area contributed by atoms with Crippen molar-refractivity contribution in [2.75, 3.05) is 26.7 Å². The lowest BCUT2D eigenvalue weighted by atomic mass is 10.0. The Balaban J connectivity index is 2.15. The summed E-state index contributed by atoms with van der Waals surface area (Å²) in [6.45, 7) is 1.17. The molecule has 6 heteroatoms. The molecule has 104 valence electrons. The van der Waals surface area contributed by atoms with Gasteiger partial charge >= 0.3 is 0 Å². The van der Waals surface area contributed by atoms with Crippen molar-refractivity contribution < 1.29 is 19.4 Å². The molecule has 0 saturated carbocycles. The van der Waals surface area contributed by atoms with E-state index >= 15 is 0 Å². The zero-order valence-electron chi connectivity index (χ0n) is 10.7. The standard InChI is InChI=1S/C13H17FN2O3/c1-16(8-13(19)5-6-15-7-13)12(18)11-9(14)3-2-4-10(11)17/h2-4,15,17,19H,5-8H2,1H3. The van der Waals surface area contributed by atoms with Gasteiger partial charge in [-0.15, -0.1) is 0 Å². The number of nitrogens with zero attached hydrogens (tertiary/aromatic N) is 1. The fraction of sp³-hybridized carbons (Fsp3) is 0.462. The van der Waals surface area contributed by atoms with Crippen LogP contribution in [0, 0.1) is 5.82 Å². The molecular weight excluding hydrogens is 251 g/mol. The number of likely N-dealkylation sites (N-methyl/N-ethyl adjacent to an activating group) is 1. The number of halogens is 1. The normalized spacial score (nSPS) is 22.5. The molecule has 1 aromatic carbocycles. The van der Waals surface area contributed by atoms with Crippen LogP contribution in [0.2, 0.25) is 0 Å². The van der Waals surface area contributed by atoms with E-state index in [1.165, 1.54) is 24.1 Å². The van der Waals surface area contributed by atoms with Gasteiger partial charge in [0.25, 0.3) is 5.91 Å². The van der Waals surface area contributed by atoms with Crippen molar-refractivity contribution >= 4 is 5.91 Å². The summed E-state index contributed by atoms with van der Waals surface area (Å²) in [6.07, 6.45) is 0.536. The predicted molar refractivity (Wildman–Crippen MR) is 67.5 cm³/mol. The van der Waals surface area contributed by atoms with Crippen LogP contribution in [-0.2, 0) is 0 Å². The Morgan fingerprint density at radius 2 is 2.32 bits per heavy atom. The van der Waals surface area contributed by atoms with Crippen LogP contribution in [0.4, 0.5) is 4.39 Å². The molecule has 3 N–H and O–H groups in total. The quantitative estimate of drug-likeness (QED) is 0.738. The van der Waals surface area contributed by atoms with Crippen LogP contribution in [0.3, 0.4) is 0 Å². The third kappa shape index (κ3) is 2.85. The number of hydrogen-bond acceptors (Lipinski definition) is 4. The molecule has 0 bridgehead atoms. The zero-order valence-corrected chi connectivity index (χ0v) is 10.7. The first kappa shape index (κ1) is 13.8. The Morgan fingerprint density at radius 3 is 2.89 bits per heavy atom. The molecule has 2 rings (SSSR count). The lowest BCUT2D eigenvalue weighted by Crippen LogP contribution is -2.45. The Hall–Kier alpha value is -1.66. The third-order valence-corrected chi connectivity index (χ3v) is 3.30. The van der Waals surface area contributed by atoms with Crippen LogP contribution >= 0.6 is 0 Å². The average Bonchev–Trinajstić information content (AvgIpc) is 2.75. The minimum Gasteiger partial charge on any atom is -0.507 e. The van der Waals surface area contributed by atoms with E-state index in [1.807, 2.05) is 0 Å². The van der Waals surface area contributed by atoms with Crippen molar-refractivity contribution in [1.82, 2.24) is 10.2 Å². The Morgan fingerprint density at radius 1 is 1.58 bits per heavy atom. The zero-order chi connectivity index (χ0) is 14.0. The number of phenols is 1. The van der Waals surface area contributed by atoms with Crippen LogP contribution in [0.5, 0.6) is 5.75 Å². The second kappa shape index (κ2) is 5.14. The van der Waals surface area contributed by atoms with Crippen molar-refractivity contribution in [3.8, 4) is 5.75 Å². The number of aromatic hydroxyl groups is 1. The van der Waals surface area contributed by atoms with E-state index in [0.717, 1.165) is 6.07 Å². The topological polar surface area (TPSA) is 72.8 Å². The summed E-state index contributed by atoms with van der Waals surface area (Å²) >= 11 is 0. The number of phenolic OH excluding ortho intramolecular Hbond substituents is 1. The van der Waals surface area contributed by atoms with Gasteiger partial charge in [-0.05, 0) is 25.1 Å². The first-order chi connectivity index (χ1) is 8.93.